The normalized spacial score (nSPS) is 13.9. The van der Waals surface area contributed by atoms with Gasteiger partial charge in [0.15, 0.2) is 11.5 Å². The molecule has 2 unspecified atom stereocenters. The number of nitrogens with one attached hydrogen (secondary N) is 1. The molecule has 1 aromatic carbocycles. The van der Waals surface area contributed by atoms with Crippen LogP contribution in [0.5, 0.6) is 11.5 Å². The molecule has 0 heterocycles. The second-order valence-electron chi connectivity index (χ2n) is 5.37. The number of ether oxygens (including phenoxy) is 2. The van der Waals surface area contributed by atoms with Crippen LogP contribution >= 0.6 is 0 Å². The van der Waals surface area contributed by atoms with E-state index < -0.39 is 0 Å². The third kappa shape index (κ3) is 3.89. The van der Waals surface area contributed by atoms with Crippen LogP contribution in [0, 0.1) is 12.8 Å². The summed E-state index contributed by atoms with van der Waals surface area (Å²) in [6.07, 6.45) is 2.42. The van der Waals surface area contributed by atoms with E-state index in [1.54, 1.807) is 14.2 Å². The first kappa shape index (κ1) is 16.8. The maximum absolute atomic E-state index is 5.45. The van der Waals surface area contributed by atoms with Gasteiger partial charge in [-0.1, -0.05) is 27.2 Å². The lowest BCUT2D eigenvalue weighted by Gasteiger charge is -2.27. The summed E-state index contributed by atoms with van der Waals surface area (Å²) in [5.74, 6) is 2.20. The zero-order valence-corrected chi connectivity index (χ0v) is 13.7. The highest BCUT2D eigenvalue weighted by Crippen LogP contribution is 2.36. The van der Waals surface area contributed by atoms with Crippen LogP contribution in [0.3, 0.4) is 0 Å². The van der Waals surface area contributed by atoms with Crippen molar-refractivity contribution in [1.29, 1.82) is 0 Å². The zero-order valence-electron chi connectivity index (χ0n) is 13.7. The van der Waals surface area contributed by atoms with Gasteiger partial charge in [0.2, 0.25) is 0 Å². The van der Waals surface area contributed by atoms with Crippen molar-refractivity contribution in [3.05, 3.63) is 23.3 Å². The molecule has 1 N–H and O–H groups in total. The SMILES string of the molecule is CCCC(C)C(NCC)c1cc(OC)c(OC)cc1C. The van der Waals surface area contributed by atoms with Gasteiger partial charge in [0.1, 0.15) is 0 Å². The first-order chi connectivity index (χ1) is 9.58. The summed E-state index contributed by atoms with van der Waals surface area (Å²) in [5.41, 5.74) is 2.56. The molecule has 0 radical (unpaired) electrons. The number of benzene rings is 1. The van der Waals surface area contributed by atoms with Gasteiger partial charge in [-0.15, -0.1) is 0 Å². The fourth-order valence-corrected chi connectivity index (χ4v) is 2.79. The van der Waals surface area contributed by atoms with E-state index in [-0.39, 0.29) is 0 Å². The third-order valence-electron chi connectivity index (χ3n) is 3.84. The topological polar surface area (TPSA) is 30.5 Å². The van der Waals surface area contributed by atoms with Crippen LogP contribution in [0.25, 0.3) is 0 Å². The van der Waals surface area contributed by atoms with E-state index in [0.29, 0.717) is 12.0 Å². The Morgan fingerprint density at radius 1 is 1.10 bits per heavy atom. The Labute approximate surface area is 123 Å². The van der Waals surface area contributed by atoms with E-state index in [9.17, 15) is 0 Å². The van der Waals surface area contributed by atoms with Gasteiger partial charge in [0, 0.05) is 6.04 Å². The predicted molar refractivity (Wildman–Crippen MR) is 84.8 cm³/mol. The van der Waals surface area contributed by atoms with Gasteiger partial charge in [0.05, 0.1) is 14.2 Å². The molecule has 3 nitrogen and oxygen atoms in total. The molecule has 20 heavy (non-hydrogen) atoms. The summed E-state index contributed by atoms with van der Waals surface area (Å²) in [7, 11) is 3.37. The molecule has 0 aliphatic rings. The van der Waals surface area contributed by atoms with Crippen molar-refractivity contribution in [3.8, 4) is 11.5 Å². The summed E-state index contributed by atoms with van der Waals surface area (Å²) >= 11 is 0. The summed E-state index contributed by atoms with van der Waals surface area (Å²) in [6.45, 7) is 9.81. The molecule has 114 valence electrons. The van der Waals surface area contributed by atoms with Crippen molar-refractivity contribution in [3.63, 3.8) is 0 Å². The summed E-state index contributed by atoms with van der Waals surface area (Å²) in [6, 6.07) is 4.55. The summed E-state index contributed by atoms with van der Waals surface area (Å²) < 4.78 is 10.8. The van der Waals surface area contributed by atoms with Crippen molar-refractivity contribution in [2.75, 3.05) is 20.8 Å². The van der Waals surface area contributed by atoms with Gasteiger partial charge in [-0.2, -0.15) is 0 Å². The lowest BCUT2D eigenvalue weighted by molar-refractivity contribution is 0.346. The van der Waals surface area contributed by atoms with Crippen molar-refractivity contribution < 1.29 is 9.47 Å². The molecular formula is C17H29NO2. The quantitative estimate of drug-likeness (QED) is 0.777. The van der Waals surface area contributed by atoms with Crippen LogP contribution in [0.1, 0.15) is 50.8 Å². The van der Waals surface area contributed by atoms with Crippen molar-refractivity contribution >= 4 is 0 Å². The lowest BCUT2D eigenvalue weighted by atomic mass is 9.88. The Bertz CT molecular complexity index is 418. The van der Waals surface area contributed by atoms with Gasteiger partial charge in [-0.05, 0) is 49.1 Å². The molecule has 0 aromatic heterocycles. The van der Waals surface area contributed by atoms with Gasteiger partial charge in [-0.3, -0.25) is 0 Å². The predicted octanol–water partition coefficient (Wildman–Crippen LogP) is 4.10. The van der Waals surface area contributed by atoms with Crippen LogP contribution < -0.4 is 14.8 Å². The average Bonchev–Trinajstić information content (AvgIpc) is 2.45. The molecule has 0 saturated heterocycles. The maximum Gasteiger partial charge on any atom is 0.161 e. The second kappa shape index (κ2) is 8.15. The Morgan fingerprint density at radius 2 is 1.70 bits per heavy atom. The van der Waals surface area contributed by atoms with Crippen molar-refractivity contribution in [2.24, 2.45) is 5.92 Å². The highest BCUT2D eigenvalue weighted by molar-refractivity contribution is 5.48. The second-order valence-corrected chi connectivity index (χ2v) is 5.37. The van der Waals surface area contributed by atoms with E-state index in [2.05, 4.69) is 45.1 Å². The molecule has 0 bridgehead atoms. The molecule has 0 aliphatic carbocycles. The van der Waals surface area contributed by atoms with Crippen LogP contribution in [0.4, 0.5) is 0 Å². The van der Waals surface area contributed by atoms with E-state index in [0.717, 1.165) is 18.0 Å². The molecule has 0 amide bonds. The smallest absolute Gasteiger partial charge is 0.161 e. The van der Waals surface area contributed by atoms with E-state index in [1.165, 1.54) is 24.0 Å². The monoisotopic (exact) mass is 279 g/mol. The largest absolute Gasteiger partial charge is 0.493 e. The molecule has 0 fully saturated rings. The number of aryl methyl sites for hydroxylation is 1. The molecule has 1 aromatic rings. The third-order valence-corrected chi connectivity index (χ3v) is 3.84. The van der Waals surface area contributed by atoms with Gasteiger partial charge >= 0.3 is 0 Å². The summed E-state index contributed by atoms with van der Waals surface area (Å²) in [4.78, 5) is 0. The van der Waals surface area contributed by atoms with E-state index in [4.69, 9.17) is 9.47 Å². The highest BCUT2D eigenvalue weighted by Gasteiger charge is 2.21. The molecular weight excluding hydrogens is 250 g/mol. The molecule has 2 atom stereocenters. The fourth-order valence-electron chi connectivity index (χ4n) is 2.79. The Kier molecular flexibility index (Phi) is 6.86. The minimum absolute atomic E-state index is 0.361. The zero-order chi connectivity index (χ0) is 15.1. The Balaban J connectivity index is 3.18. The standard InChI is InChI=1S/C17H29NO2/c1-7-9-12(3)17(18-8-2)14-11-16(20-6)15(19-5)10-13(14)4/h10-12,17-18H,7-9H2,1-6H3. The highest BCUT2D eigenvalue weighted by atomic mass is 16.5. The van der Waals surface area contributed by atoms with Crippen LogP contribution in [0.15, 0.2) is 12.1 Å². The van der Waals surface area contributed by atoms with E-state index in [1.807, 2.05) is 0 Å². The van der Waals surface area contributed by atoms with E-state index >= 15 is 0 Å². The molecule has 0 spiro atoms. The molecule has 0 aliphatic heterocycles. The first-order valence-corrected chi connectivity index (χ1v) is 7.54. The maximum atomic E-state index is 5.45. The van der Waals surface area contributed by atoms with Crippen LogP contribution in [-0.2, 0) is 0 Å². The number of hydrogen-bond acceptors (Lipinski definition) is 3. The molecule has 0 saturated carbocycles. The molecule has 1 rings (SSSR count). The molecule has 3 heteroatoms. The van der Waals surface area contributed by atoms with Crippen molar-refractivity contribution in [1.82, 2.24) is 5.32 Å². The van der Waals surface area contributed by atoms with Gasteiger partial charge in [-0.25, -0.2) is 0 Å². The minimum Gasteiger partial charge on any atom is -0.493 e. The Morgan fingerprint density at radius 3 is 2.20 bits per heavy atom. The van der Waals surface area contributed by atoms with Crippen LogP contribution in [0.2, 0.25) is 0 Å². The minimum atomic E-state index is 0.361. The van der Waals surface area contributed by atoms with Crippen molar-refractivity contribution in [2.45, 2.75) is 46.6 Å². The van der Waals surface area contributed by atoms with Crippen LogP contribution in [-0.4, -0.2) is 20.8 Å². The van der Waals surface area contributed by atoms with Gasteiger partial charge < -0.3 is 14.8 Å². The number of methoxy groups -OCH3 is 2. The number of hydrogen-bond donors (Lipinski definition) is 1. The fraction of sp³-hybridized carbons (Fsp3) is 0.647. The lowest BCUT2D eigenvalue weighted by Crippen LogP contribution is -2.27. The summed E-state index contributed by atoms with van der Waals surface area (Å²) in [5, 5.41) is 3.62. The number of rotatable bonds is 8. The van der Waals surface area contributed by atoms with Gasteiger partial charge in [0.25, 0.3) is 0 Å². The Hall–Kier alpha value is -1.22. The first-order valence-electron chi connectivity index (χ1n) is 7.54. The average molecular weight is 279 g/mol.